The van der Waals surface area contributed by atoms with Crippen LogP contribution in [0.2, 0.25) is 0 Å². The van der Waals surface area contributed by atoms with E-state index in [0.29, 0.717) is 37.0 Å². The van der Waals surface area contributed by atoms with E-state index in [-0.39, 0.29) is 5.91 Å². The molecule has 0 aliphatic heterocycles. The maximum Gasteiger partial charge on any atom is 0.224 e. The molecule has 39 heavy (non-hydrogen) atoms. The summed E-state index contributed by atoms with van der Waals surface area (Å²) in [6, 6.07) is 22.0. The van der Waals surface area contributed by atoms with Gasteiger partial charge in [-0.05, 0) is 60.2 Å². The lowest BCUT2D eigenvalue weighted by Gasteiger charge is -2.14. The second-order valence-corrected chi connectivity index (χ2v) is 9.88. The van der Waals surface area contributed by atoms with Crippen molar-refractivity contribution >= 4 is 16.9 Å². The number of fused-ring (bicyclic) bond motifs is 1. The number of ether oxygens (including phenoxy) is 3. The van der Waals surface area contributed by atoms with Crippen LogP contribution >= 0.6 is 0 Å². The van der Waals surface area contributed by atoms with Crippen molar-refractivity contribution < 1.29 is 19.0 Å². The summed E-state index contributed by atoms with van der Waals surface area (Å²) in [4.78, 5) is 17.4. The van der Waals surface area contributed by atoms with Gasteiger partial charge in [0.05, 0.1) is 38.3 Å². The SMILES string of the molecule is COc1ccc(CC(=O)NCCCc2nc3ccccc3n2CCCOc2ccccc2C(C)C)cc1OC. The number of imidazole rings is 1. The van der Waals surface area contributed by atoms with Crippen LogP contribution in [0.5, 0.6) is 17.2 Å². The molecule has 4 rings (SSSR count). The first kappa shape index (κ1) is 28.0. The van der Waals surface area contributed by atoms with E-state index in [4.69, 9.17) is 19.2 Å². The van der Waals surface area contributed by atoms with Gasteiger partial charge in [0.2, 0.25) is 5.91 Å². The van der Waals surface area contributed by atoms with Crippen LogP contribution < -0.4 is 19.5 Å². The quantitative estimate of drug-likeness (QED) is 0.205. The average Bonchev–Trinajstić information content (AvgIpc) is 3.30. The van der Waals surface area contributed by atoms with Crippen LogP contribution in [0.4, 0.5) is 0 Å². The summed E-state index contributed by atoms with van der Waals surface area (Å²) in [6.07, 6.45) is 2.75. The van der Waals surface area contributed by atoms with E-state index in [9.17, 15) is 4.79 Å². The second kappa shape index (κ2) is 13.7. The number of aromatic nitrogens is 2. The second-order valence-electron chi connectivity index (χ2n) is 9.88. The topological polar surface area (TPSA) is 74.6 Å². The van der Waals surface area contributed by atoms with E-state index < -0.39 is 0 Å². The van der Waals surface area contributed by atoms with Gasteiger partial charge in [0.25, 0.3) is 0 Å². The number of nitrogens with one attached hydrogen (secondary N) is 1. The molecule has 0 fully saturated rings. The fraction of sp³-hybridized carbons (Fsp3) is 0.375. The van der Waals surface area contributed by atoms with Crippen molar-refractivity contribution in [3.63, 3.8) is 0 Å². The summed E-state index contributed by atoms with van der Waals surface area (Å²) in [5.74, 6) is 3.67. The van der Waals surface area contributed by atoms with Crippen molar-refractivity contribution in [1.29, 1.82) is 0 Å². The summed E-state index contributed by atoms with van der Waals surface area (Å²) >= 11 is 0. The minimum Gasteiger partial charge on any atom is -0.493 e. The van der Waals surface area contributed by atoms with Gasteiger partial charge in [0, 0.05) is 19.5 Å². The van der Waals surface area contributed by atoms with E-state index in [2.05, 4.69) is 48.0 Å². The van der Waals surface area contributed by atoms with Crippen LogP contribution in [0.25, 0.3) is 11.0 Å². The molecule has 0 bridgehead atoms. The Morgan fingerprint density at radius 2 is 1.69 bits per heavy atom. The normalized spacial score (nSPS) is 11.1. The number of hydrogen-bond acceptors (Lipinski definition) is 5. The van der Waals surface area contributed by atoms with Gasteiger partial charge in [-0.2, -0.15) is 0 Å². The standard InChI is InChI=1S/C32H39N3O4/c1-23(2)25-11-5-8-14-28(25)39-20-10-19-35-27-13-7-6-12-26(27)34-31(35)15-9-18-33-32(36)22-24-16-17-29(37-3)30(21-24)38-4/h5-8,11-14,16-17,21,23H,9-10,15,18-20,22H2,1-4H3,(H,33,36). The molecule has 7 heteroatoms. The Labute approximate surface area is 231 Å². The maximum absolute atomic E-state index is 12.5. The van der Waals surface area contributed by atoms with E-state index in [1.807, 2.05) is 42.5 Å². The third-order valence-electron chi connectivity index (χ3n) is 6.77. The highest BCUT2D eigenvalue weighted by atomic mass is 16.5. The molecule has 0 saturated carbocycles. The molecular weight excluding hydrogens is 490 g/mol. The molecule has 1 aromatic heterocycles. The third kappa shape index (κ3) is 7.31. The Hall–Kier alpha value is -4.00. The monoisotopic (exact) mass is 529 g/mol. The Bertz CT molecular complexity index is 1380. The lowest BCUT2D eigenvalue weighted by molar-refractivity contribution is -0.120. The molecular formula is C32H39N3O4. The number of rotatable bonds is 14. The average molecular weight is 530 g/mol. The molecule has 0 saturated heterocycles. The molecule has 206 valence electrons. The molecule has 1 amide bonds. The number of para-hydroxylation sites is 3. The predicted molar refractivity (Wildman–Crippen MR) is 155 cm³/mol. The molecule has 4 aromatic rings. The van der Waals surface area contributed by atoms with Gasteiger partial charge >= 0.3 is 0 Å². The zero-order valence-corrected chi connectivity index (χ0v) is 23.4. The molecule has 0 spiro atoms. The fourth-order valence-electron chi connectivity index (χ4n) is 4.77. The Kier molecular flexibility index (Phi) is 9.84. The Balaban J connectivity index is 1.30. The highest BCUT2D eigenvalue weighted by Crippen LogP contribution is 2.28. The van der Waals surface area contributed by atoms with Crippen LogP contribution in [0.3, 0.4) is 0 Å². The van der Waals surface area contributed by atoms with Gasteiger partial charge in [-0.15, -0.1) is 0 Å². The van der Waals surface area contributed by atoms with Crippen molar-refractivity contribution in [1.82, 2.24) is 14.9 Å². The summed E-state index contributed by atoms with van der Waals surface area (Å²) in [5.41, 5.74) is 4.24. The number of amides is 1. The number of carbonyl (C=O) groups is 1. The van der Waals surface area contributed by atoms with Gasteiger partial charge in [-0.1, -0.05) is 50.2 Å². The number of carbonyl (C=O) groups excluding carboxylic acids is 1. The molecule has 0 atom stereocenters. The zero-order chi connectivity index (χ0) is 27.6. The molecule has 0 aliphatic rings. The van der Waals surface area contributed by atoms with Gasteiger partial charge in [-0.3, -0.25) is 4.79 Å². The zero-order valence-electron chi connectivity index (χ0n) is 23.4. The van der Waals surface area contributed by atoms with Crippen LogP contribution in [0.1, 0.15) is 49.6 Å². The van der Waals surface area contributed by atoms with Crippen LogP contribution in [0, 0.1) is 0 Å². The number of nitrogens with zero attached hydrogens (tertiary/aromatic N) is 2. The largest absolute Gasteiger partial charge is 0.493 e. The molecule has 3 aromatic carbocycles. The Morgan fingerprint density at radius 1 is 0.923 bits per heavy atom. The maximum atomic E-state index is 12.5. The minimum atomic E-state index is -0.0189. The Morgan fingerprint density at radius 3 is 2.49 bits per heavy atom. The number of benzene rings is 3. The lowest BCUT2D eigenvalue weighted by Crippen LogP contribution is -2.26. The molecule has 7 nitrogen and oxygen atoms in total. The van der Waals surface area contributed by atoms with Crippen molar-refractivity contribution in [2.24, 2.45) is 0 Å². The van der Waals surface area contributed by atoms with Crippen LogP contribution in [0.15, 0.2) is 66.7 Å². The number of aryl methyl sites for hydroxylation is 2. The first-order valence-electron chi connectivity index (χ1n) is 13.6. The number of methoxy groups -OCH3 is 2. The molecule has 0 unspecified atom stereocenters. The molecule has 1 N–H and O–H groups in total. The first-order valence-corrected chi connectivity index (χ1v) is 13.6. The predicted octanol–water partition coefficient (Wildman–Crippen LogP) is 5.94. The summed E-state index contributed by atoms with van der Waals surface area (Å²) in [7, 11) is 3.19. The highest BCUT2D eigenvalue weighted by Gasteiger charge is 2.12. The summed E-state index contributed by atoms with van der Waals surface area (Å²) in [5, 5.41) is 3.04. The van der Waals surface area contributed by atoms with Crippen molar-refractivity contribution in [3.8, 4) is 17.2 Å². The third-order valence-corrected chi connectivity index (χ3v) is 6.77. The summed E-state index contributed by atoms with van der Waals surface area (Å²) < 4.78 is 19.1. The van der Waals surface area contributed by atoms with E-state index in [0.717, 1.165) is 54.0 Å². The van der Waals surface area contributed by atoms with Gasteiger partial charge < -0.3 is 24.1 Å². The van der Waals surface area contributed by atoms with Gasteiger partial charge in [0.1, 0.15) is 11.6 Å². The van der Waals surface area contributed by atoms with Crippen molar-refractivity contribution in [2.45, 2.75) is 52.0 Å². The fourth-order valence-corrected chi connectivity index (χ4v) is 4.77. The minimum absolute atomic E-state index is 0.0189. The molecule has 1 heterocycles. The van der Waals surface area contributed by atoms with Gasteiger partial charge in [-0.25, -0.2) is 4.98 Å². The first-order chi connectivity index (χ1) is 19.0. The van der Waals surface area contributed by atoms with Crippen LogP contribution in [-0.4, -0.2) is 42.8 Å². The summed E-state index contributed by atoms with van der Waals surface area (Å²) in [6.45, 7) is 6.42. The van der Waals surface area contributed by atoms with Crippen LogP contribution in [-0.2, 0) is 24.2 Å². The van der Waals surface area contributed by atoms with E-state index in [1.165, 1.54) is 5.56 Å². The van der Waals surface area contributed by atoms with Crippen molar-refractivity contribution in [3.05, 3.63) is 83.7 Å². The lowest BCUT2D eigenvalue weighted by atomic mass is 10.0. The van der Waals surface area contributed by atoms with Gasteiger partial charge in [0.15, 0.2) is 11.5 Å². The molecule has 0 radical (unpaired) electrons. The van der Waals surface area contributed by atoms with E-state index in [1.54, 1.807) is 14.2 Å². The number of hydrogen-bond donors (Lipinski definition) is 1. The van der Waals surface area contributed by atoms with E-state index >= 15 is 0 Å². The highest BCUT2D eigenvalue weighted by molar-refractivity contribution is 5.79. The van der Waals surface area contributed by atoms with Crippen molar-refractivity contribution in [2.75, 3.05) is 27.4 Å². The molecule has 0 aliphatic carbocycles. The smallest absolute Gasteiger partial charge is 0.224 e.